The number of rotatable bonds is 6. The van der Waals surface area contributed by atoms with Gasteiger partial charge in [0, 0.05) is 12.6 Å². The minimum Gasteiger partial charge on any atom is -0.478 e. The summed E-state index contributed by atoms with van der Waals surface area (Å²) in [6, 6.07) is 5.84. The van der Waals surface area contributed by atoms with Gasteiger partial charge in [-0.25, -0.2) is 0 Å². The van der Waals surface area contributed by atoms with E-state index in [-0.39, 0.29) is 0 Å². The Hall–Kier alpha value is -1.25. The van der Waals surface area contributed by atoms with Crippen molar-refractivity contribution in [1.29, 1.82) is 0 Å². The molecule has 15 heavy (non-hydrogen) atoms. The zero-order chi connectivity index (χ0) is 10.5. The van der Waals surface area contributed by atoms with Crippen molar-refractivity contribution in [3.63, 3.8) is 0 Å². The zero-order valence-corrected chi connectivity index (χ0v) is 9.20. The molecule has 0 saturated heterocycles. The van der Waals surface area contributed by atoms with E-state index in [0.29, 0.717) is 0 Å². The highest BCUT2D eigenvalue weighted by Crippen LogP contribution is 2.32. The highest BCUT2D eigenvalue weighted by molar-refractivity contribution is 5.36. The van der Waals surface area contributed by atoms with Crippen LogP contribution < -0.4 is 10.1 Å². The predicted molar refractivity (Wildman–Crippen MR) is 61.2 cm³/mol. The summed E-state index contributed by atoms with van der Waals surface area (Å²) in [6.45, 7) is 3.74. The Balaban J connectivity index is 1.80. The van der Waals surface area contributed by atoms with Crippen LogP contribution in [0.15, 0.2) is 18.2 Å². The van der Waals surface area contributed by atoms with E-state index < -0.39 is 0 Å². The molecule has 0 radical (unpaired) electrons. The second-order valence-electron chi connectivity index (χ2n) is 3.97. The number of hydrogen-bond donors (Lipinski definition) is 1. The van der Waals surface area contributed by atoms with Gasteiger partial charge in [0.15, 0.2) is 0 Å². The molecule has 0 amide bonds. The number of aromatic nitrogens is 1. The van der Waals surface area contributed by atoms with Gasteiger partial charge in [-0.2, -0.15) is 4.98 Å². The SMILES string of the molecule is CCNc1cccc(OCCC2CC2)n1. The molecule has 1 fully saturated rings. The number of nitrogens with zero attached hydrogens (tertiary/aromatic N) is 1. The number of ether oxygens (including phenoxy) is 1. The van der Waals surface area contributed by atoms with Gasteiger partial charge >= 0.3 is 0 Å². The summed E-state index contributed by atoms with van der Waals surface area (Å²) in [6.07, 6.45) is 3.94. The normalized spacial score (nSPS) is 15.0. The van der Waals surface area contributed by atoms with Crippen LogP contribution >= 0.6 is 0 Å². The lowest BCUT2D eigenvalue weighted by atomic mass is 10.3. The summed E-state index contributed by atoms with van der Waals surface area (Å²) in [5.41, 5.74) is 0. The van der Waals surface area contributed by atoms with Gasteiger partial charge in [0.25, 0.3) is 0 Å². The highest BCUT2D eigenvalue weighted by Gasteiger charge is 2.20. The molecule has 0 aromatic carbocycles. The quantitative estimate of drug-likeness (QED) is 0.777. The first-order valence-corrected chi connectivity index (χ1v) is 5.72. The van der Waals surface area contributed by atoms with Crippen LogP contribution in [0.3, 0.4) is 0 Å². The van der Waals surface area contributed by atoms with E-state index in [0.717, 1.165) is 30.8 Å². The molecule has 1 saturated carbocycles. The third-order valence-electron chi connectivity index (χ3n) is 2.55. The van der Waals surface area contributed by atoms with E-state index in [1.54, 1.807) is 0 Å². The van der Waals surface area contributed by atoms with Gasteiger partial charge in [-0.15, -0.1) is 0 Å². The van der Waals surface area contributed by atoms with Crippen molar-refractivity contribution in [2.75, 3.05) is 18.5 Å². The molecular formula is C12H18N2O. The molecule has 0 unspecified atom stereocenters. The number of anilines is 1. The fraction of sp³-hybridized carbons (Fsp3) is 0.583. The van der Waals surface area contributed by atoms with Crippen LogP contribution in [-0.4, -0.2) is 18.1 Å². The lowest BCUT2D eigenvalue weighted by molar-refractivity contribution is 0.292. The van der Waals surface area contributed by atoms with E-state index in [1.165, 1.54) is 19.3 Å². The Morgan fingerprint density at radius 2 is 2.33 bits per heavy atom. The number of hydrogen-bond acceptors (Lipinski definition) is 3. The van der Waals surface area contributed by atoms with Crippen LogP contribution in [-0.2, 0) is 0 Å². The Morgan fingerprint density at radius 1 is 1.47 bits per heavy atom. The minimum absolute atomic E-state index is 0.731. The second-order valence-corrected chi connectivity index (χ2v) is 3.97. The molecule has 1 N–H and O–H groups in total. The summed E-state index contributed by atoms with van der Waals surface area (Å²) in [5, 5.41) is 3.17. The predicted octanol–water partition coefficient (Wildman–Crippen LogP) is 2.69. The van der Waals surface area contributed by atoms with Crippen molar-refractivity contribution in [2.45, 2.75) is 26.2 Å². The molecule has 3 heteroatoms. The molecule has 2 rings (SSSR count). The smallest absolute Gasteiger partial charge is 0.215 e. The topological polar surface area (TPSA) is 34.1 Å². The maximum atomic E-state index is 5.59. The fourth-order valence-electron chi connectivity index (χ4n) is 1.51. The fourth-order valence-corrected chi connectivity index (χ4v) is 1.51. The molecule has 1 aromatic rings. The van der Waals surface area contributed by atoms with Crippen LogP contribution in [0.2, 0.25) is 0 Å². The first-order chi connectivity index (χ1) is 7.38. The Bertz CT molecular complexity index is 310. The molecule has 0 spiro atoms. The van der Waals surface area contributed by atoms with Crippen LogP contribution in [0.25, 0.3) is 0 Å². The van der Waals surface area contributed by atoms with Crippen molar-refractivity contribution in [3.05, 3.63) is 18.2 Å². The summed E-state index contributed by atoms with van der Waals surface area (Å²) < 4.78 is 5.59. The summed E-state index contributed by atoms with van der Waals surface area (Å²) in [5.74, 6) is 2.54. The standard InChI is InChI=1S/C12H18N2O/c1-2-13-11-4-3-5-12(14-11)15-9-8-10-6-7-10/h3-5,10H,2,6-9H2,1H3,(H,13,14). The molecule has 3 nitrogen and oxygen atoms in total. The van der Waals surface area contributed by atoms with Crippen LogP contribution in [0.5, 0.6) is 5.88 Å². The molecule has 0 bridgehead atoms. The van der Waals surface area contributed by atoms with Gasteiger partial charge in [0.1, 0.15) is 5.82 Å². The van der Waals surface area contributed by atoms with Gasteiger partial charge in [-0.1, -0.05) is 18.9 Å². The average Bonchev–Trinajstić information content (AvgIpc) is 3.03. The van der Waals surface area contributed by atoms with Gasteiger partial charge in [0.2, 0.25) is 5.88 Å². The summed E-state index contributed by atoms with van der Waals surface area (Å²) in [7, 11) is 0. The van der Waals surface area contributed by atoms with Crippen molar-refractivity contribution < 1.29 is 4.74 Å². The van der Waals surface area contributed by atoms with Crippen LogP contribution in [0.4, 0.5) is 5.82 Å². The molecule has 0 atom stereocenters. The third kappa shape index (κ3) is 3.42. The van der Waals surface area contributed by atoms with Crippen molar-refractivity contribution in [2.24, 2.45) is 5.92 Å². The van der Waals surface area contributed by atoms with E-state index in [2.05, 4.69) is 17.2 Å². The van der Waals surface area contributed by atoms with Crippen LogP contribution in [0, 0.1) is 5.92 Å². The number of pyridine rings is 1. The average molecular weight is 206 g/mol. The number of nitrogens with one attached hydrogen (secondary N) is 1. The molecule has 0 aliphatic heterocycles. The molecular weight excluding hydrogens is 188 g/mol. The third-order valence-corrected chi connectivity index (χ3v) is 2.55. The first kappa shape index (κ1) is 10.3. The largest absolute Gasteiger partial charge is 0.478 e. The van der Waals surface area contributed by atoms with E-state index in [9.17, 15) is 0 Å². The maximum Gasteiger partial charge on any atom is 0.215 e. The van der Waals surface area contributed by atoms with Crippen molar-refractivity contribution >= 4 is 5.82 Å². The summed E-state index contributed by atoms with van der Waals surface area (Å²) >= 11 is 0. The molecule has 1 heterocycles. The molecule has 1 aromatic heterocycles. The van der Waals surface area contributed by atoms with Gasteiger partial charge in [-0.05, 0) is 25.3 Å². The lowest BCUT2D eigenvalue weighted by Gasteiger charge is -2.06. The van der Waals surface area contributed by atoms with Crippen molar-refractivity contribution in [3.8, 4) is 5.88 Å². The highest BCUT2D eigenvalue weighted by atomic mass is 16.5. The van der Waals surface area contributed by atoms with Crippen LogP contribution in [0.1, 0.15) is 26.2 Å². The monoisotopic (exact) mass is 206 g/mol. The second kappa shape index (κ2) is 5.01. The summed E-state index contributed by atoms with van der Waals surface area (Å²) in [4.78, 5) is 4.35. The molecule has 1 aliphatic rings. The zero-order valence-electron chi connectivity index (χ0n) is 9.20. The van der Waals surface area contributed by atoms with Gasteiger partial charge < -0.3 is 10.1 Å². The maximum absolute atomic E-state index is 5.59. The van der Waals surface area contributed by atoms with Gasteiger partial charge in [-0.3, -0.25) is 0 Å². The Morgan fingerprint density at radius 3 is 3.07 bits per heavy atom. The van der Waals surface area contributed by atoms with E-state index >= 15 is 0 Å². The lowest BCUT2D eigenvalue weighted by Crippen LogP contribution is -2.03. The minimum atomic E-state index is 0.731. The van der Waals surface area contributed by atoms with Crippen molar-refractivity contribution in [1.82, 2.24) is 4.98 Å². The Kier molecular flexibility index (Phi) is 3.43. The van der Waals surface area contributed by atoms with Gasteiger partial charge in [0.05, 0.1) is 6.61 Å². The van der Waals surface area contributed by atoms with E-state index in [4.69, 9.17) is 4.74 Å². The first-order valence-electron chi connectivity index (χ1n) is 5.72. The Labute approximate surface area is 90.9 Å². The molecule has 82 valence electrons. The molecule has 1 aliphatic carbocycles. The van der Waals surface area contributed by atoms with E-state index in [1.807, 2.05) is 18.2 Å².